The van der Waals surface area contributed by atoms with Crippen LogP contribution >= 0.6 is 39.0 Å². The molecular formula is C15H12BrFN4O2S2. The summed E-state index contributed by atoms with van der Waals surface area (Å²) in [5.74, 6) is 0.0994. The Morgan fingerprint density at radius 2 is 2.24 bits per heavy atom. The molecule has 0 spiro atoms. The van der Waals surface area contributed by atoms with Gasteiger partial charge in [-0.1, -0.05) is 39.0 Å². The van der Waals surface area contributed by atoms with Crippen molar-refractivity contribution in [2.24, 2.45) is 0 Å². The number of aromatic nitrogens is 2. The van der Waals surface area contributed by atoms with E-state index in [0.29, 0.717) is 20.5 Å². The lowest BCUT2D eigenvalue weighted by atomic mass is 10.3. The van der Waals surface area contributed by atoms with Crippen LogP contribution < -0.4 is 10.6 Å². The van der Waals surface area contributed by atoms with Gasteiger partial charge in [0.1, 0.15) is 11.6 Å². The number of hydrogen-bond donors (Lipinski definition) is 2. The molecule has 0 aliphatic carbocycles. The summed E-state index contributed by atoms with van der Waals surface area (Å²) < 4.78 is 20.2. The summed E-state index contributed by atoms with van der Waals surface area (Å²) in [6.07, 6.45) is 1.60. The lowest BCUT2D eigenvalue weighted by Gasteiger charge is -2.05. The first kappa shape index (κ1) is 17.9. The molecule has 0 aliphatic rings. The molecule has 1 aromatic carbocycles. The molecule has 25 heavy (non-hydrogen) atoms. The highest BCUT2D eigenvalue weighted by atomic mass is 79.9. The molecule has 2 heterocycles. The molecule has 0 saturated heterocycles. The predicted molar refractivity (Wildman–Crippen MR) is 99.4 cm³/mol. The Morgan fingerprint density at radius 1 is 1.36 bits per heavy atom. The highest BCUT2D eigenvalue weighted by Gasteiger charge is 2.11. The fourth-order valence-corrected chi connectivity index (χ4v) is 3.70. The highest BCUT2D eigenvalue weighted by molar-refractivity contribution is 9.10. The van der Waals surface area contributed by atoms with Gasteiger partial charge in [0.15, 0.2) is 4.34 Å². The Labute approximate surface area is 159 Å². The van der Waals surface area contributed by atoms with Gasteiger partial charge >= 0.3 is 0 Å². The second kappa shape index (κ2) is 8.45. The number of anilines is 2. The molecule has 0 bridgehead atoms. The maximum Gasteiger partial charge on any atom is 0.234 e. The zero-order valence-corrected chi connectivity index (χ0v) is 15.9. The molecule has 2 N–H and O–H groups in total. The van der Waals surface area contributed by atoms with E-state index in [1.54, 1.807) is 12.3 Å². The first-order chi connectivity index (χ1) is 12.1. The summed E-state index contributed by atoms with van der Waals surface area (Å²) in [5, 5.41) is 14.3. The number of carbonyl (C=O) groups is 1. The molecule has 0 aliphatic heterocycles. The Kier molecular flexibility index (Phi) is 6.05. The van der Waals surface area contributed by atoms with Gasteiger partial charge in [0.05, 0.1) is 24.2 Å². The third-order valence-electron chi connectivity index (χ3n) is 2.93. The SMILES string of the molecule is O=C(CSc1nnc(NCc2ccco2)s1)Nc1ccc(Br)cc1F. The number of hydrogen-bond acceptors (Lipinski definition) is 7. The van der Waals surface area contributed by atoms with Crippen molar-refractivity contribution >= 4 is 55.8 Å². The second-order valence-corrected chi connectivity index (χ2v) is 7.88. The van der Waals surface area contributed by atoms with Crippen molar-refractivity contribution in [1.82, 2.24) is 10.2 Å². The van der Waals surface area contributed by atoms with Crippen molar-refractivity contribution in [3.8, 4) is 0 Å². The fourth-order valence-electron chi connectivity index (χ4n) is 1.82. The number of carbonyl (C=O) groups excluding carboxylic acids is 1. The Bertz CT molecular complexity index is 857. The van der Waals surface area contributed by atoms with Gasteiger partial charge < -0.3 is 15.1 Å². The van der Waals surface area contributed by atoms with Crippen LogP contribution in [0.4, 0.5) is 15.2 Å². The third kappa shape index (κ3) is 5.28. The molecule has 0 saturated carbocycles. The lowest BCUT2D eigenvalue weighted by molar-refractivity contribution is -0.113. The first-order valence-electron chi connectivity index (χ1n) is 7.07. The number of rotatable bonds is 7. The van der Waals surface area contributed by atoms with E-state index in [4.69, 9.17) is 4.42 Å². The molecule has 0 atom stereocenters. The Balaban J connectivity index is 1.47. The van der Waals surface area contributed by atoms with Crippen molar-refractivity contribution in [3.05, 3.63) is 52.6 Å². The van der Waals surface area contributed by atoms with Gasteiger partial charge in [-0.25, -0.2) is 4.39 Å². The topological polar surface area (TPSA) is 80.1 Å². The van der Waals surface area contributed by atoms with E-state index < -0.39 is 5.82 Å². The van der Waals surface area contributed by atoms with Crippen LogP contribution in [0.25, 0.3) is 0 Å². The van der Waals surface area contributed by atoms with Crippen molar-refractivity contribution in [3.63, 3.8) is 0 Å². The molecule has 0 fully saturated rings. The van der Waals surface area contributed by atoms with Gasteiger partial charge in [-0.15, -0.1) is 10.2 Å². The Hall–Kier alpha value is -1.91. The zero-order valence-electron chi connectivity index (χ0n) is 12.7. The van der Waals surface area contributed by atoms with E-state index in [-0.39, 0.29) is 17.3 Å². The minimum absolute atomic E-state index is 0.113. The van der Waals surface area contributed by atoms with Gasteiger partial charge in [-0.05, 0) is 30.3 Å². The van der Waals surface area contributed by atoms with Gasteiger partial charge in [0.25, 0.3) is 0 Å². The fraction of sp³-hybridized carbons (Fsp3) is 0.133. The van der Waals surface area contributed by atoms with Crippen molar-refractivity contribution < 1.29 is 13.6 Å². The standard InChI is InChI=1S/C15H12BrFN4O2S2/c16-9-3-4-12(11(17)6-9)19-13(22)8-24-15-21-20-14(25-15)18-7-10-2-1-5-23-10/h1-6H,7-8H2,(H,18,20)(H,19,22). The van der Waals surface area contributed by atoms with Crippen LogP contribution in [-0.2, 0) is 11.3 Å². The van der Waals surface area contributed by atoms with Gasteiger partial charge in [0.2, 0.25) is 11.0 Å². The van der Waals surface area contributed by atoms with E-state index in [9.17, 15) is 9.18 Å². The van der Waals surface area contributed by atoms with E-state index >= 15 is 0 Å². The first-order valence-corrected chi connectivity index (χ1v) is 9.67. The van der Waals surface area contributed by atoms with Crippen LogP contribution in [0, 0.1) is 5.82 Å². The molecule has 6 nitrogen and oxygen atoms in total. The van der Waals surface area contributed by atoms with E-state index in [1.165, 1.54) is 35.2 Å². The molecule has 130 valence electrons. The number of furan rings is 1. The largest absolute Gasteiger partial charge is 0.467 e. The summed E-state index contributed by atoms with van der Waals surface area (Å²) in [7, 11) is 0. The van der Waals surface area contributed by atoms with Crippen LogP contribution in [0.2, 0.25) is 0 Å². The third-order valence-corrected chi connectivity index (χ3v) is 5.44. The normalized spacial score (nSPS) is 10.6. The molecular weight excluding hydrogens is 431 g/mol. The molecule has 0 unspecified atom stereocenters. The predicted octanol–water partition coefficient (Wildman–Crippen LogP) is 4.38. The smallest absolute Gasteiger partial charge is 0.234 e. The van der Waals surface area contributed by atoms with E-state index in [1.807, 2.05) is 12.1 Å². The molecule has 1 amide bonds. The van der Waals surface area contributed by atoms with Crippen molar-refractivity contribution in [1.29, 1.82) is 0 Å². The summed E-state index contributed by atoms with van der Waals surface area (Å²) >= 11 is 5.74. The zero-order chi connectivity index (χ0) is 17.6. The monoisotopic (exact) mass is 442 g/mol. The minimum Gasteiger partial charge on any atom is -0.467 e. The quantitative estimate of drug-likeness (QED) is 0.528. The van der Waals surface area contributed by atoms with Crippen LogP contribution in [-0.4, -0.2) is 21.9 Å². The molecule has 3 rings (SSSR count). The number of nitrogens with zero attached hydrogens (tertiary/aromatic N) is 2. The lowest BCUT2D eigenvalue weighted by Crippen LogP contribution is -2.14. The van der Waals surface area contributed by atoms with Gasteiger partial charge in [0, 0.05) is 4.47 Å². The van der Waals surface area contributed by atoms with Gasteiger partial charge in [-0.2, -0.15) is 0 Å². The van der Waals surface area contributed by atoms with Crippen molar-refractivity contribution in [2.75, 3.05) is 16.4 Å². The van der Waals surface area contributed by atoms with E-state index in [2.05, 4.69) is 36.8 Å². The Morgan fingerprint density at radius 3 is 3.00 bits per heavy atom. The summed E-state index contributed by atoms with van der Waals surface area (Å²) in [4.78, 5) is 11.9. The average molecular weight is 443 g/mol. The van der Waals surface area contributed by atoms with Crippen LogP contribution in [0.15, 0.2) is 49.8 Å². The summed E-state index contributed by atoms with van der Waals surface area (Å²) in [6, 6.07) is 8.13. The number of halogens is 2. The maximum atomic E-state index is 13.7. The van der Waals surface area contributed by atoms with Crippen LogP contribution in [0.3, 0.4) is 0 Å². The number of benzene rings is 1. The summed E-state index contributed by atoms with van der Waals surface area (Å²) in [5.41, 5.74) is 0.145. The molecule has 10 heteroatoms. The summed E-state index contributed by atoms with van der Waals surface area (Å²) in [6.45, 7) is 0.510. The molecule has 3 aromatic rings. The molecule has 0 radical (unpaired) electrons. The second-order valence-electron chi connectivity index (χ2n) is 4.77. The van der Waals surface area contributed by atoms with Gasteiger partial charge in [-0.3, -0.25) is 4.79 Å². The number of amides is 1. The van der Waals surface area contributed by atoms with Crippen molar-refractivity contribution in [2.45, 2.75) is 10.9 Å². The van der Waals surface area contributed by atoms with E-state index in [0.717, 1.165) is 5.76 Å². The molecule has 2 aromatic heterocycles. The number of nitrogens with one attached hydrogen (secondary N) is 2. The maximum absolute atomic E-state index is 13.7. The highest BCUT2D eigenvalue weighted by Crippen LogP contribution is 2.26. The van der Waals surface area contributed by atoms with Crippen LogP contribution in [0.5, 0.6) is 0 Å². The minimum atomic E-state index is -0.493. The number of thioether (sulfide) groups is 1. The average Bonchev–Trinajstić information content (AvgIpc) is 3.25. The van der Waals surface area contributed by atoms with Crippen LogP contribution in [0.1, 0.15) is 5.76 Å².